The maximum Gasteiger partial charge on any atom is 1.00 e. The molecule has 1 aromatic carbocycles. The average molecular weight is 356 g/mol. The molecule has 6 nitrogen and oxygen atoms in total. The first-order valence-electron chi connectivity index (χ1n) is 7.47. The van der Waals surface area contributed by atoms with Gasteiger partial charge in [-0.1, -0.05) is 24.3 Å². The van der Waals surface area contributed by atoms with E-state index in [1.807, 2.05) is 0 Å². The van der Waals surface area contributed by atoms with Crippen molar-refractivity contribution in [1.82, 2.24) is 4.98 Å². The fourth-order valence-electron chi connectivity index (χ4n) is 2.37. The van der Waals surface area contributed by atoms with Crippen molar-refractivity contribution in [2.75, 3.05) is 0 Å². The quantitative estimate of drug-likeness (QED) is 0.570. The van der Waals surface area contributed by atoms with Crippen LogP contribution >= 0.6 is 0 Å². The second-order valence-corrected chi connectivity index (χ2v) is 5.35. The molecular formula is C19H13N2NaO4. The molecular weight excluding hydrogens is 343 g/mol. The number of carboxylic acid groups (broad SMARTS) is 1. The number of nitrogens with zero attached hydrogens (tertiary/aromatic N) is 2. The molecule has 0 atom stereocenters. The molecule has 0 saturated carbocycles. The predicted octanol–water partition coefficient (Wildman–Crippen LogP) is -0.532. The van der Waals surface area contributed by atoms with Crippen molar-refractivity contribution in [2.24, 2.45) is 0 Å². The number of carbonyl (C=O) groups is 1. The topological polar surface area (TPSA) is 99.2 Å². The minimum Gasteiger partial charge on any atom is -0.545 e. The molecule has 2 aromatic heterocycles. The second kappa shape index (κ2) is 8.68. The number of carbonyl (C=O) groups excluding carboxylic acids is 1. The van der Waals surface area contributed by atoms with Crippen LogP contribution in [0.5, 0.6) is 5.88 Å². The zero-order valence-electron chi connectivity index (χ0n) is 14.4. The van der Waals surface area contributed by atoms with E-state index >= 15 is 0 Å². The molecule has 124 valence electrons. The minimum atomic E-state index is -1.23. The Morgan fingerprint density at radius 2 is 2.04 bits per heavy atom. The Hall–Kier alpha value is -2.59. The first kappa shape index (κ1) is 19.7. The van der Waals surface area contributed by atoms with Gasteiger partial charge >= 0.3 is 29.6 Å². The van der Waals surface area contributed by atoms with Crippen LogP contribution in [0.1, 0.15) is 27.2 Å². The molecule has 3 rings (SSSR count). The summed E-state index contributed by atoms with van der Waals surface area (Å²) in [5, 5.41) is 20.3. The maximum absolute atomic E-state index is 10.8. The molecule has 2 heterocycles. The molecule has 0 saturated heterocycles. The largest absolute Gasteiger partial charge is 1.00 e. The summed E-state index contributed by atoms with van der Waals surface area (Å²) in [6.45, 7) is 1.95. The van der Waals surface area contributed by atoms with E-state index in [4.69, 9.17) is 9.15 Å². The van der Waals surface area contributed by atoms with Crippen LogP contribution in [-0.2, 0) is 6.61 Å². The number of ether oxygens (including phenoxy) is 1. The van der Waals surface area contributed by atoms with Crippen molar-refractivity contribution < 1.29 is 48.6 Å². The third-order valence-electron chi connectivity index (χ3n) is 3.58. The van der Waals surface area contributed by atoms with Crippen molar-refractivity contribution in [3.05, 3.63) is 71.1 Å². The zero-order valence-corrected chi connectivity index (χ0v) is 16.4. The van der Waals surface area contributed by atoms with Gasteiger partial charge in [-0.05, 0) is 36.2 Å². The van der Waals surface area contributed by atoms with Crippen LogP contribution in [0.25, 0.3) is 11.3 Å². The van der Waals surface area contributed by atoms with Crippen molar-refractivity contribution in [1.29, 1.82) is 5.26 Å². The van der Waals surface area contributed by atoms with Gasteiger partial charge in [-0.15, -0.1) is 0 Å². The molecule has 0 aliphatic rings. The van der Waals surface area contributed by atoms with E-state index in [0.717, 1.165) is 5.56 Å². The summed E-state index contributed by atoms with van der Waals surface area (Å²) in [6.07, 6.45) is 1.53. The Bertz CT molecular complexity index is 945. The number of carboxylic acids is 1. The van der Waals surface area contributed by atoms with E-state index in [1.54, 1.807) is 37.3 Å². The SMILES string of the molecule is Cc1cc(-c2ccco2)c(C#N)c(OCc2ccc(C(=O)[O-])cc2)n1.[Na+]. The number of aromatic carboxylic acids is 1. The van der Waals surface area contributed by atoms with Crippen LogP contribution in [0.4, 0.5) is 0 Å². The van der Waals surface area contributed by atoms with Crippen molar-refractivity contribution in [3.8, 4) is 23.3 Å². The second-order valence-electron chi connectivity index (χ2n) is 5.35. The Balaban J connectivity index is 0.00000243. The van der Waals surface area contributed by atoms with Crippen molar-refractivity contribution >= 4 is 5.97 Å². The maximum atomic E-state index is 10.8. The van der Waals surface area contributed by atoms with Crippen LogP contribution in [0, 0.1) is 18.3 Å². The van der Waals surface area contributed by atoms with Crippen molar-refractivity contribution in [3.63, 3.8) is 0 Å². The summed E-state index contributed by atoms with van der Waals surface area (Å²) >= 11 is 0. The molecule has 0 amide bonds. The number of pyridine rings is 1. The molecule has 26 heavy (non-hydrogen) atoms. The number of hydrogen-bond acceptors (Lipinski definition) is 6. The monoisotopic (exact) mass is 356 g/mol. The molecule has 3 aromatic rings. The van der Waals surface area contributed by atoms with E-state index in [1.165, 1.54) is 18.4 Å². The third kappa shape index (κ3) is 4.33. The fourth-order valence-corrected chi connectivity index (χ4v) is 2.37. The molecule has 0 fully saturated rings. The molecule has 0 radical (unpaired) electrons. The molecule has 0 spiro atoms. The first-order valence-corrected chi connectivity index (χ1v) is 7.47. The average Bonchev–Trinajstić information content (AvgIpc) is 3.14. The number of furan rings is 1. The standard InChI is InChI=1S/C19H14N2O4.Na/c1-12-9-15(17-3-2-8-24-17)16(10-20)18(21-12)25-11-13-4-6-14(7-5-13)19(22)23;/h2-9H,11H2,1H3,(H,22,23);/q;+1/p-1. The Morgan fingerprint density at radius 3 is 2.62 bits per heavy atom. The number of hydrogen-bond donors (Lipinski definition) is 0. The summed E-state index contributed by atoms with van der Waals surface area (Å²) in [7, 11) is 0. The van der Waals surface area contributed by atoms with Crippen LogP contribution in [0.3, 0.4) is 0 Å². The predicted molar refractivity (Wildman–Crippen MR) is 86.5 cm³/mol. The van der Waals surface area contributed by atoms with Gasteiger partial charge in [-0.2, -0.15) is 5.26 Å². The van der Waals surface area contributed by atoms with Gasteiger partial charge < -0.3 is 19.1 Å². The van der Waals surface area contributed by atoms with E-state index < -0.39 is 5.97 Å². The summed E-state index contributed by atoms with van der Waals surface area (Å²) in [5.74, 6) is -0.467. The minimum absolute atomic E-state index is 0. The number of benzene rings is 1. The molecule has 0 bridgehead atoms. The molecule has 0 unspecified atom stereocenters. The van der Waals surface area contributed by atoms with Crippen LogP contribution in [0.2, 0.25) is 0 Å². The first-order chi connectivity index (χ1) is 12.1. The smallest absolute Gasteiger partial charge is 0.545 e. The Kier molecular flexibility index (Phi) is 6.58. The zero-order chi connectivity index (χ0) is 17.8. The van der Waals surface area contributed by atoms with Gasteiger partial charge in [0.05, 0.1) is 12.2 Å². The van der Waals surface area contributed by atoms with E-state index in [9.17, 15) is 15.2 Å². The normalized spacial score (nSPS) is 9.85. The molecule has 0 aliphatic carbocycles. The van der Waals surface area contributed by atoms with Crippen LogP contribution in [0.15, 0.2) is 53.1 Å². The van der Waals surface area contributed by atoms with Gasteiger partial charge in [0.15, 0.2) is 0 Å². The van der Waals surface area contributed by atoms with Crippen molar-refractivity contribution in [2.45, 2.75) is 13.5 Å². The molecule has 0 aliphatic heterocycles. The van der Waals surface area contributed by atoms with Crippen LogP contribution < -0.4 is 39.4 Å². The Labute approximate surface area is 172 Å². The van der Waals surface area contributed by atoms with Crippen LogP contribution in [-0.4, -0.2) is 11.0 Å². The third-order valence-corrected chi connectivity index (χ3v) is 3.58. The summed E-state index contributed by atoms with van der Waals surface area (Å²) in [4.78, 5) is 15.1. The fraction of sp³-hybridized carbons (Fsp3) is 0.105. The van der Waals surface area contributed by atoms with E-state index in [-0.39, 0.29) is 53.2 Å². The summed E-state index contributed by atoms with van der Waals surface area (Å²) in [6, 6.07) is 13.5. The molecule has 7 heteroatoms. The summed E-state index contributed by atoms with van der Waals surface area (Å²) in [5.41, 5.74) is 2.42. The number of aromatic nitrogens is 1. The number of rotatable bonds is 5. The molecule has 0 N–H and O–H groups in total. The number of nitriles is 1. The summed E-state index contributed by atoms with van der Waals surface area (Å²) < 4.78 is 11.1. The van der Waals surface area contributed by atoms with Gasteiger partial charge in [0.1, 0.15) is 24.0 Å². The van der Waals surface area contributed by atoms with Gasteiger partial charge in [0.2, 0.25) is 5.88 Å². The van der Waals surface area contributed by atoms with E-state index in [0.29, 0.717) is 17.0 Å². The van der Waals surface area contributed by atoms with Gasteiger partial charge in [0.25, 0.3) is 0 Å². The number of aryl methyl sites for hydroxylation is 1. The Morgan fingerprint density at radius 1 is 1.31 bits per heavy atom. The van der Waals surface area contributed by atoms with Gasteiger partial charge in [-0.3, -0.25) is 0 Å². The van der Waals surface area contributed by atoms with Gasteiger partial charge in [-0.25, -0.2) is 4.98 Å². The van der Waals surface area contributed by atoms with Gasteiger partial charge in [0, 0.05) is 11.3 Å². The van der Waals surface area contributed by atoms with E-state index in [2.05, 4.69) is 11.1 Å².